The third-order valence-corrected chi connectivity index (χ3v) is 2.00. The Labute approximate surface area is 86.3 Å². The van der Waals surface area contributed by atoms with Crippen LogP contribution >= 0.6 is 0 Å². The van der Waals surface area contributed by atoms with Crippen molar-refractivity contribution >= 4 is 11.6 Å². The Morgan fingerprint density at radius 1 is 1.20 bits per heavy atom. The van der Waals surface area contributed by atoms with Gasteiger partial charge >= 0.3 is 0 Å². The van der Waals surface area contributed by atoms with E-state index in [0.29, 0.717) is 5.69 Å². The van der Waals surface area contributed by atoms with Crippen LogP contribution in [0.15, 0.2) is 36.5 Å². The van der Waals surface area contributed by atoms with Gasteiger partial charge in [-0.1, -0.05) is 0 Å². The molecule has 2 aromatic rings. The Morgan fingerprint density at radius 3 is 2.40 bits per heavy atom. The predicted octanol–water partition coefficient (Wildman–Crippen LogP) is 0.553. The fourth-order valence-corrected chi connectivity index (χ4v) is 1.23. The Balaban J connectivity index is 2.37. The van der Waals surface area contributed by atoms with Crippen LogP contribution in [-0.4, -0.2) is 15.7 Å². The number of nitrogens with zero attached hydrogens (tertiary/aromatic N) is 2. The van der Waals surface area contributed by atoms with Gasteiger partial charge in [-0.05, 0) is 30.3 Å². The van der Waals surface area contributed by atoms with Crippen molar-refractivity contribution in [1.82, 2.24) is 9.78 Å². The summed E-state index contributed by atoms with van der Waals surface area (Å²) in [6.45, 7) is 0. The zero-order chi connectivity index (χ0) is 10.8. The Morgan fingerprint density at radius 2 is 1.87 bits per heavy atom. The molecule has 0 fully saturated rings. The maximum absolute atomic E-state index is 10.8. The monoisotopic (exact) mass is 202 g/mol. The summed E-state index contributed by atoms with van der Waals surface area (Å²) in [7, 11) is 0. The number of nitrogen functional groups attached to an aromatic ring is 1. The van der Waals surface area contributed by atoms with Crippen molar-refractivity contribution in [3.63, 3.8) is 0 Å². The van der Waals surface area contributed by atoms with E-state index in [2.05, 4.69) is 5.10 Å². The van der Waals surface area contributed by atoms with E-state index < -0.39 is 5.91 Å². The summed E-state index contributed by atoms with van der Waals surface area (Å²) in [5.74, 6) is -0.538. The van der Waals surface area contributed by atoms with Crippen LogP contribution in [0, 0.1) is 0 Å². The van der Waals surface area contributed by atoms with Crippen LogP contribution in [0.2, 0.25) is 0 Å². The largest absolute Gasteiger partial charge is 0.399 e. The molecule has 15 heavy (non-hydrogen) atoms. The van der Waals surface area contributed by atoms with E-state index in [-0.39, 0.29) is 5.69 Å². The minimum atomic E-state index is -0.538. The van der Waals surface area contributed by atoms with Gasteiger partial charge < -0.3 is 11.5 Å². The second kappa shape index (κ2) is 3.45. The summed E-state index contributed by atoms with van der Waals surface area (Å²) in [6, 6.07) is 8.72. The Kier molecular flexibility index (Phi) is 2.13. The summed E-state index contributed by atoms with van der Waals surface area (Å²) >= 11 is 0. The first-order valence-electron chi connectivity index (χ1n) is 4.38. The fraction of sp³-hybridized carbons (Fsp3) is 0. The smallest absolute Gasteiger partial charge is 0.269 e. The van der Waals surface area contributed by atoms with E-state index >= 15 is 0 Å². The molecule has 0 radical (unpaired) electrons. The van der Waals surface area contributed by atoms with Crippen LogP contribution in [0.5, 0.6) is 0 Å². The third kappa shape index (κ3) is 1.80. The van der Waals surface area contributed by atoms with Gasteiger partial charge in [0, 0.05) is 11.9 Å². The highest BCUT2D eigenvalue weighted by molar-refractivity contribution is 5.90. The molecule has 0 atom stereocenters. The molecule has 4 N–H and O–H groups in total. The van der Waals surface area contributed by atoms with Gasteiger partial charge in [0.2, 0.25) is 0 Å². The second-order valence-corrected chi connectivity index (χ2v) is 3.10. The van der Waals surface area contributed by atoms with Gasteiger partial charge in [-0.3, -0.25) is 4.79 Å². The van der Waals surface area contributed by atoms with Crippen molar-refractivity contribution in [2.45, 2.75) is 0 Å². The van der Waals surface area contributed by atoms with E-state index in [0.717, 1.165) is 5.69 Å². The number of benzene rings is 1. The average Bonchev–Trinajstić information content (AvgIpc) is 2.68. The second-order valence-electron chi connectivity index (χ2n) is 3.10. The standard InChI is InChI=1S/C10H10N4O/c11-7-1-3-8(4-2-7)14-6-5-9(13-14)10(12)15/h1-6H,11H2,(H2,12,15). The number of rotatable bonds is 2. The SMILES string of the molecule is NC(=O)c1ccn(-c2ccc(N)cc2)n1. The van der Waals surface area contributed by atoms with Gasteiger partial charge in [0.15, 0.2) is 0 Å². The molecule has 0 aliphatic rings. The van der Waals surface area contributed by atoms with Gasteiger partial charge in [0.05, 0.1) is 5.69 Å². The van der Waals surface area contributed by atoms with Crippen LogP contribution in [0.4, 0.5) is 5.69 Å². The normalized spacial score (nSPS) is 10.1. The number of amides is 1. The number of nitrogens with two attached hydrogens (primary N) is 2. The number of aromatic nitrogens is 2. The minimum Gasteiger partial charge on any atom is -0.399 e. The molecule has 2 rings (SSSR count). The lowest BCUT2D eigenvalue weighted by atomic mass is 10.3. The van der Waals surface area contributed by atoms with Crippen LogP contribution in [0.25, 0.3) is 5.69 Å². The number of hydrogen-bond donors (Lipinski definition) is 2. The molecule has 0 unspecified atom stereocenters. The van der Waals surface area contributed by atoms with Crippen molar-refractivity contribution in [3.8, 4) is 5.69 Å². The van der Waals surface area contributed by atoms with Gasteiger partial charge in [-0.15, -0.1) is 0 Å². The molecular formula is C10H10N4O. The molecule has 0 bridgehead atoms. The molecule has 0 aliphatic heterocycles. The lowest BCUT2D eigenvalue weighted by molar-refractivity contribution is 0.0995. The van der Waals surface area contributed by atoms with Crippen LogP contribution in [0.3, 0.4) is 0 Å². The highest BCUT2D eigenvalue weighted by Gasteiger charge is 2.05. The van der Waals surface area contributed by atoms with Crippen molar-refractivity contribution < 1.29 is 4.79 Å². The van der Waals surface area contributed by atoms with Crippen molar-refractivity contribution in [2.24, 2.45) is 5.73 Å². The first kappa shape index (κ1) is 9.26. The van der Waals surface area contributed by atoms with E-state index in [9.17, 15) is 4.79 Å². The van der Waals surface area contributed by atoms with Crippen LogP contribution in [0.1, 0.15) is 10.5 Å². The Hall–Kier alpha value is -2.30. The number of primary amides is 1. The third-order valence-electron chi connectivity index (χ3n) is 2.00. The fourth-order valence-electron chi connectivity index (χ4n) is 1.23. The number of carbonyl (C=O) groups excluding carboxylic acids is 1. The lowest BCUT2D eigenvalue weighted by Crippen LogP contribution is -2.12. The first-order valence-corrected chi connectivity index (χ1v) is 4.38. The molecule has 0 aliphatic carbocycles. The molecule has 1 aromatic heterocycles. The summed E-state index contributed by atoms with van der Waals surface area (Å²) in [5.41, 5.74) is 12.4. The van der Waals surface area contributed by atoms with Gasteiger partial charge in [0.25, 0.3) is 5.91 Å². The molecule has 1 heterocycles. The summed E-state index contributed by atoms with van der Waals surface area (Å²) in [4.78, 5) is 10.8. The maximum Gasteiger partial charge on any atom is 0.269 e. The highest BCUT2D eigenvalue weighted by Crippen LogP contribution is 2.10. The molecule has 5 heteroatoms. The summed E-state index contributed by atoms with van der Waals surface area (Å²) in [6.07, 6.45) is 1.67. The average molecular weight is 202 g/mol. The molecule has 5 nitrogen and oxygen atoms in total. The van der Waals surface area contributed by atoms with Crippen LogP contribution in [-0.2, 0) is 0 Å². The van der Waals surface area contributed by atoms with Gasteiger partial charge in [-0.2, -0.15) is 5.10 Å². The quantitative estimate of drug-likeness (QED) is 0.697. The maximum atomic E-state index is 10.8. The molecule has 1 amide bonds. The van der Waals surface area contributed by atoms with E-state index in [1.54, 1.807) is 29.1 Å². The summed E-state index contributed by atoms with van der Waals surface area (Å²) < 4.78 is 1.57. The topological polar surface area (TPSA) is 86.9 Å². The lowest BCUT2D eigenvalue weighted by Gasteiger charge is -2.00. The molecule has 0 spiro atoms. The van der Waals surface area contributed by atoms with Crippen molar-refractivity contribution in [1.29, 1.82) is 0 Å². The minimum absolute atomic E-state index is 0.242. The first-order chi connectivity index (χ1) is 7.16. The zero-order valence-electron chi connectivity index (χ0n) is 7.92. The highest BCUT2D eigenvalue weighted by atomic mass is 16.1. The Bertz CT molecular complexity index is 486. The zero-order valence-corrected chi connectivity index (χ0v) is 7.92. The number of hydrogen-bond acceptors (Lipinski definition) is 3. The summed E-state index contributed by atoms with van der Waals surface area (Å²) in [5, 5.41) is 4.01. The number of anilines is 1. The van der Waals surface area contributed by atoms with E-state index in [1.165, 1.54) is 0 Å². The van der Waals surface area contributed by atoms with Gasteiger partial charge in [0.1, 0.15) is 5.69 Å². The van der Waals surface area contributed by atoms with Gasteiger partial charge in [-0.25, -0.2) is 4.68 Å². The van der Waals surface area contributed by atoms with E-state index in [4.69, 9.17) is 11.5 Å². The molecule has 0 saturated heterocycles. The van der Waals surface area contributed by atoms with Crippen LogP contribution < -0.4 is 11.5 Å². The molecule has 1 aromatic carbocycles. The van der Waals surface area contributed by atoms with Crippen molar-refractivity contribution in [3.05, 3.63) is 42.2 Å². The molecular weight excluding hydrogens is 192 g/mol. The van der Waals surface area contributed by atoms with Crippen molar-refractivity contribution in [2.75, 3.05) is 5.73 Å². The van der Waals surface area contributed by atoms with E-state index in [1.807, 2.05) is 12.1 Å². The molecule has 76 valence electrons. The molecule has 0 saturated carbocycles. The predicted molar refractivity (Wildman–Crippen MR) is 56.5 cm³/mol. The number of carbonyl (C=O) groups is 1.